The summed E-state index contributed by atoms with van der Waals surface area (Å²) in [6, 6.07) is 5.63. The van der Waals surface area contributed by atoms with Gasteiger partial charge in [0.15, 0.2) is 11.5 Å². The molecule has 4 heteroatoms. The molecule has 3 nitrogen and oxygen atoms in total. The lowest BCUT2D eigenvalue weighted by Gasteiger charge is -1.96. The molecule has 2 rings (SSSR count). The van der Waals surface area contributed by atoms with Crippen LogP contribution >= 0.6 is 11.6 Å². The van der Waals surface area contributed by atoms with Gasteiger partial charge in [0.2, 0.25) is 0 Å². The van der Waals surface area contributed by atoms with Crippen LogP contribution in [0.25, 0.3) is 11.1 Å². The summed E-state index contributed by atoms with van der Waals surface area (Å²) in [5.41, 5.74) is 6.99. The molecule has 0 atom stereocenters. The highest BCUT2D eigenvalue weighted by Gasteiger charge is 2.07. The molecule has 0 aliphatic heterocycles. The third kappa shape index (κ3) is 3.20. The number of benzene rings is 1. The number of aryl methyl sites for hydroxylation is 1. The molecule has 0 unspecified atom stereocenters. The summed E-state index contributed by atoms with van der Waals surface area (Å²) in [6.07, 6.45) is 5.40. The number of unbranched alkanes of at least 4 members (excludes halogenated alkanes) is 3. The van der Waals surface area contributed by atoms with Gasteiger partial charge in [-0.25, -0.2) is 4.98 Å². The van der Waals surface area contributed by atoms with E-state index in [-0.39, 0.29) is 0 Å². The molecule has 1 heterocycles. The van der Waals surface area contributed by atoms with Gasteiger partial charge in [0.05, 0.1) is 5.02 Å². The molecule has 1 aromatic heterocycles. The highest BCUT2D eigenvalue weighted by Crippen LogP contribution is 2.24. The molecular formula is C13H17ClN2O. The number of aromatic nitrogens is 1. The number of hydrogen-bond donors (Lipinski definition) is 1. The second-order valence-electron chi connectivity index (χ2n) is 4.15. The fourth-order valence-electron chi connectivity index (χ4n) is 1.84. The van der Waals surface area contributed by atoms with Crippen LogP contribution in [0.3, 0.4) is 0 Å². The Labute approximate surface area is 106 Å². The number of oxazole rings is 1. The lowest BCUT2D eigenvalue weighted by Crippen LogP contribution is -1.97. The fraction of sp³-hybridized carbons (Fsp3) is 0.462. The molecule has 0 amide bonds. The number of rotatable bonds is 6. The molecule has 0 bridgehead atoms. The average Bonchev–Trinajstić information content (AvgIpc) is 2.73. The smallest absolute Gasteiger partial charge is 0.195 e. The maximum Gasteiger partial charge on any atom is 0.195 e. The van der Waals surface area contributed by atoms with Crippen molar-refractivity contribution in [3.05, 3.63) is 29.1 Å². The zero-order chi connectivity index (χ0) is 12.1. The van der Waals surface area contributed by atoms with Gasteiger partial charge in [0, 0.05) is 6.42 Å². The van der Waals surface area contributed by atoms with E-state index < -0.39 is 0 Å². The van der Waals surface area contributed by atoms with Crippen LogP contribution in [0.4, 0.5) is 0 Å². The van der Waals surface area contributed by atoms with Crippen LogP contribution in [0.5, 0.6) is 0 Å². The molecule has 1 aromatic carbocycles. The van der Waals surface area contributed by atoms with Crippen molar-refractivity contribution in [1.82, 2.24) is 4.98 Å². The molecule has 0 radical (unpaired) electrons. The van der Waals surface area contributed by atoms with Gasteiger partial charge in [-0.3, -0.25) is 0 Å². The van der Waals surface area contributed by atoms with Gasteiger partial charge in [-0.15, -0.1) is 0 Å². The third-order valence-electron chi connectivity index (χ3n) is 2.76. The SMILES string of the molecule is NCCCCCCc1nc2cccc(Cl)c2o1. The van der Waals surface area contributed by atoms with Gasteiger partial charge in [0.1, 0.15) is 5.52 Å². The number of nitrogens with two attached hydrogens (primary N) is 1. The molecule has 0 aliphatic rings. The summed E-state index contributed by atoms with van der Waals surface area (Å²) in [5.74, 6) is 0.779. The summed E-state index contributed by atoms with van der Waals surface area (Å²) in [7, 11) is 0. The van der Waals surface area contributed by atoms with Crippen molar-refractivity contribution in [3.63, 3.8) is 0 Å². The topological polar surface area (TPSA) is 52.0 Å². The Balaban J connectivity index is 1.93. The normalized spacial score (nSPS) is 11.2. The Morgan fingerprint density at radius 2 is 2.00 bits per heavy atom. The van der Waals surface area contributed by atoms with E-state index in [1.165, 1.54) is 12.8 Å². The quantitative estimate of drug-likeness (QED) is 0.800. The maximum absolute atomic E-state index is 6.03. The monoisotopic (exact) mass is 252 g/mol. The van der Waals surface area contributed by atoms with Gasteiger partial charge >= 0.3 is 0 Å². The van der Waals surface area contributed by atoms with Crippen molar-refractivity contribution in [2.45, 2.75) is 32.1 Å². The second-order valence-corrected chi connectivity index (χ2v) is 4.56. The fourth-order valence-corrected chi connectivity index (χ4v) is 2.05. The van der Waals surface area contributed by atoms with Crippen molar-refractivity contribution in [2.24, 2.45) is 5.73 Å². The van der Waals surface area contributed by atoms with Gasteiger partial charge < -0.3 is 10.2 Å². The molecule has 0 spiro atoms. The number of nitrogens with zero attached hydrogens (tertiary/aromatic N) is 1. The Morgan fingerprint density at radius 3 is 2.76 bits per heavy atom. The zero-order valence-electron chi connectivity index (χ0n) is 9.79. The van der Waals surface area contributed by atoms with Crippen LogP contribution in [0.2, 0.25) is 5.02 Å². The molecule has 17 heavy (non-hydrogen) atoms. The summed E-state index contributed by atoms with van der Waals surface area (Å²) in [6.45, 7) is 0.776. The molecule has 0 aliphatic carbocycles. The van der Waals surface area contributed by atoms with Gasteiger partial charge in [-0.2, -0.15) is 0 Å². The highest BCUT2D eigenvalue weighted by atomic mass is 35.5. The number of hydrogen-bond acceptors (Lipinski definition) is 3. The van der Waals surface area contributed by atoms with Crippen LogP contribution in [-0.4, -0.2) is 11.5 Å². The number of halogens is 1. The molecule has 2 aromatic rings. The van der Waals surface area contributed by atoms with E-state index in [9.17, 15) is 0 Å². The standard InChI is InChI=1S/C13H17ClN2O/c14-10-6-5-7-11-13(10)17-12(16-11)8-3-1-2-4-9-15/h5-7H,1-4,8-9,15H2. The van der Waals surface area contributed by atoms with Crippen LogP contribution in [0.1, 0.15) is 31.6 Å². The summed E-state index contributed by atoms with van der Waals surface area (Å²) in [5, 5.41) is 0.629. The minimum absolute atomic E-state index is 0.629. The van der Waals surface area contributed by atoms with Crippen LogP contribution in [0, 0.1) is 0 Å². The van der Waals surface area contributed by atoms with E-state index in [0.29, 0.717) is 10.6 Å². The molecule has 2 N–H and O–H groups in total. The lowest BCUT2D eigenvalue weighted by molar-refractivity contribution is 0.508. The first-order valence-corrected chi connectivity index (χ1v) is 6.43. The predicted molar refractivity (Wildman–Crippen MR) is 70.2 cm³/mol. The zero-order valence-corrected chi connectivity index (χ0v) is 10.5. The second kappa shape index (κ2) is 6.03. The molecule has 0 saturated heterocycles. The summed E-state index contributed by atoms with van der Waals surface area (Å²) in [4.78, 5) is 4.42. The van der Waals surface area contributed by atoms with Gasteiger partial charge in [0.25, 0.3) is 0 Å². The Morgan fingerprint density at radius 1 is 1.18 bits per heavy atom. The largest absolute Gasteiger partial charge is 0.439 e. The summed E-state index contributed by atoms with van der Waals surface area (Å²) >= 11 is 6.03. The van der Waals surface area contributed by atoms with E-state index in [4.69, 9.17) is 21.8 Å². The first kappa shape index (κ1) is 12.4. The van der Waals surface area contributed by atoms with Crippen molar-refractivity contribution in [2.75, 3.05) is 6.54 Å². The number of fused-ring (bicyclic) bond motifs is 1. The first-order chi connectivity index (χ1) is 8.31. The van der Waals surface area contributed by atoms with Crippen LogP contribution in [0.15, 0.2) is 22.6 Å². The minimum atomic E-state index is 0.629. The maximum atomic E-state index is 6.03. The first-order valence-electron chi connectivity index (χ1n) is 6.05. The van der Waals surface area contributed by atoms with Crippen LogP contribution < -0.4 is 5.73 Å². The van der Waals surface area contributed by atoms with Crippen molar-refractivity contribution in [1.29, 1.82) is 0 Å². The minimum Gasteiger partial charge on any atom is -0.439 e. The third-order valence-corrected chi connectivity index (χ3v) is 3.05. The van der Waals surface area contributed by atoms with E-state index in [1.54, 1.807) is 0 Å². The van der Waals surface area contributed by atoms with E-state index in [1.807, 2.05) is 18.2 Å². The Hall–Kier alpha value is -1.06. The Bertz CT molecular complexity index is 481. The van der Waals surface area contributed by atoms with E-state index >= 15 is 0 Å². The Kier molecular flexibility index (Phi) is 4.40. The molecule has 92 valence electrons. The summed E-state index contributed by atoms with van der Waals surface area (Å²) < 4.78 is 5.64. The molecule has 0 saturated carbocycles. The van der Waals surface area contributed by atoms with Crippen molar-refractivity contribution >= 4 is 22.7 Å². The van der Waals surface area contributed by atoms with Crippen molar-refractivity contribution in [3.8, 4) is 0 Å². The predicted octanol–water partition coefficient (Wildman–Crippen LogP) is 3.54. The van der Waals surface area contributed by atoms with Crippen LogP contribution in [-0.2, 0) is 6.42 Å². The molecule has 0 fully saturated rings. The van der Waals surface area contributed by atoms with Gasteiger partial charge in [-0.05, 0) is 31.5 Å². The lowest BCUT2D eigenvalue weighted by atomic mass is 10.1. The number of para-hydroxylation sites is 1. The van der Waals surface area contributed by atoms with Gasteiger partial charge in [-0.1, -0.05) is 30.5 Å². The van der Waals surface area contributed by atoms with E-state index in [0.717, 1.165) is 37.2 Å². The highest BCUT2D eigenvalue weighted by molar-refractivity contribution is 6.34. The molecular weight excluding hydrogens is 236 g/mol. The average molecular weight is 253 g/mol. The van der Waals surface area contributed by atoms with E-state index in [2.05, 4.69) is 4.98 Å². The van der Waals surface area contributed by atoms with Crippen molar-refractivity contribution < 1.29 is 4.42 Å².